The predicted molar refractivity (Wildman–Crippen MR) is 104 cm³/mol. The normalized spacial score (nSPS) is 10.1. The zero-order valence-electron chi connectivity index (χ0n) is 16.1. The Hall–Kier alpha value is -3.35. The molecule has 0 unspecified atom stereocenters. The smallest absolute Gasteiger partial charge is 0.339 e. The summed E-state index contributed by atoms with van der Waals surface area (Å²) in [5.41, 5.74) is 1.72. The Kier molecular flexibility index (Phi) is 7.56. The molecule has 1 N–H and O–H groups in total. The first-order valence-electron chi connectivity index (χ1n) is 8.80. The number of aryl methyl sites for hydroxylation is 1. The molecule has 0 fully saturated rings. The van der Waals surface area contributed by atoms with E-state index in [9.17, 15) is 14.4 Å². The van der Waals surface area contributed by atoms with Gasteiger partial charge in [0.05, 0.1) is 44.1 Å². The van der Waals surface area contributed by atoms with Crippen molar-refractivity contribution >= 4 is 23.5 Å². The van der Waals surface area contributed by atoms with Crippen LogP contribution in [-0.4, -0.2) is 38.7 Å². The lowest BCUT2D eigenvalue weighted by Crippen LogP contribution is -2.18. The Balaban J connectivity index is 2.02. The third-order valence-electron chi connectivity index (χ3n) is 4.05. The minimum atomic E-state index is -0.626. The Bertz CT molecular complexity index is 844. The van der Waals surface area contributed by atoms with Crippen LogP contribution in [0, 0.1) is 0 Å². The minimum absolute atomic E-state index is 0.0680. The zero-order valence-corrected chi connectivity index (χ0v) is 16.1. The van der Waals surface area contributed by atoms with Crippen molar-refractivity contribution in [3.63, 3.8) is 0 Å². The maximum atomic E-state index is 12.3. The van der Waals surface area contributed by atoms with Gasteiger partial charge in [-0.3, -0.25) is 4.79 Å². The first kappa shape index (κ1) is 21.0. The Morgan fingerprint density at radius 2 is 1.61 bits per heavy atom. The van der Waals surface area contributed by atoms with E-state index >= 15 is 0 Å². The van der Waals surface area contributed by atoms with Crippen molar-refractivity contribution in [1.29, 1.82) is 0 Å². The van der Waals surface area contributed by atoms with E-state index in [0.717, 1.165) is 6.42 Å². The van der Waals surface area contributed by atoms with Gasteiger partial charge in [0.2, 0.25) is 5.91 Å². The largest absolute Gasteiger partial charge is 0.493 e. The number of hydrogen-bond donors (Lipinski definition) is 1. The van der Waals surface area contributed by atoms with Crippen LogP contribution in [-0.2, 0) is 20.7 Å². The number of rotatable bonds is 8. The molecule has 0 aliphatic carbocycles. The van der Waals surface area contributed by atoms with Gasteiger partial charge in [0.1, 0.15) is 5.75 Å². The van der Waals surface area contributed by atoms with Gasteiger partial charge >= 0.3 is 11.9 Å². The second-order valence-corrected chi connectivity index (χ2v) is 5.89. The van der Waals surface area contributed by atoms with Gasteiger partial charge in [-0.15, -0.1) is 0 Å². The first-order valence-corrected chi connectivity index (χ1v) is 8.80. The highest BCUT2D eigenvalue weighted by Crippen LogP contribution is 2.20. The van der Waals surface area contributed by atoms with E-state index in [4.69, 9.17) is 9.47 Å². The molecule has 0 spiro atoms. The highest BCUT2D eigenvalue weighted by atomic mass is 16.5. The summed E-state index contributed by atoms with van der Waals surface area (Å²) >= 11 is 0. The second-order valence-electron chi connectivity index (χ2n) is 5.89. The van der Waals surface area contributed by atoms with Crippen molar-refractivity contribution in [2.45, 2.75) is 19.8 Å². The van der Waals surface area contributed by atoms with Gasteiger partial charge < -0.3 is 19.5 Å². The Morgan fingerprint density at radius 1 is 0.929 bits per heavy atom. The van der Waals surface area contributed by atoms with Crippen LogP contribution < -0.4 is 10.1 Å². The van der Waals surface area contributed by atoms with E-state index in [1.165, 1.54) is 38.0 Å². The van der Waals surface area contributed by atoms with Gasteiger partial charge in [-0.05, 0) is 42.3 Å². The molecule has 2 aromatic rings. The van der Waals surface area contributed by atoms with Crippen molar-refractivity contribution in [3.8, 4) is 5.75 Å². The molecule has 0 saturated carbocycles. The maximum absolute atomic E-state index is 12.3. The Morgan fingerprint density at radius 3 is 2.21 bits per heavy atom. The van der Waals surface area contributed by atoms with Gasteiger partial charge in [-0.1, -0.05) is 19.1 Å². The van der Waals surface area contributed by atoms with Crippen molar-refractivity contribution in [1.82, 2.24) is 0 Å². The van der Waals surface area contributed by atoms with Crippen molar-refractivity contribution in [3.05, 3.63) is 59.2 Å². The van der Waals surface area contributed by atoms with Crippen LogP contribution in [0.15, 0.2) is 42.5 Å². The summed E-state index contributed by atoms with van der Waals surface area (Å²) in [6.45, 7) is 2.24. The molecular weight excluding hydrogens is 362 g/mol. The van der Waals surface area contributed by atoms with Gasteiger partial charge in [0.15, 0.2) is 0 Å². The van der Waals surface area contributed by atoms with Crippen molar-refractivity contribution in [2.24, 2.45) is 0 Å². The number of nitrogens with one attached hydrogen (secondary N) is 1. The van der Waals surface area contributed by atoms with Crippen molar-refractivity contribution in [2.75, 3.05) is 26.1 Å². The maximum Gasteiger partial charge on any atom is 0.339 e. The minimum Gasteiger partial charge on any atom is -0.493 e. The molecule has 28 heavy (non-hydrogen) atoms. The van der Waals surface area contributed by atoms with E-state index in [2.05, 4.69) is 17.0 Å². The molecule has 0 radical (unpaired) electrons. The summed E-state index contributed by atoms with van der Waals surface area (Å²) in [6, 6.07) is 11.8. The SMILES string of the molecule is CCc1ccc(OCCC(=O)Nc2cc(C(=O)OC)ccc2C(=O)OC)cc1. The second kappa shape index (κ2) is 10.1. The van der Waals surface area contributed by atoms with E-state index in [0.29, 0.717) is 5.75 Å². The number of ether oxygens (including phenoxy) is 3. The molecule has 0 bridgehead atoms. The lowest BCUT2D eigenvalue weighted by atomic mass is 10.1. The molecule has 2 rings (SSSR count). The topological polar surface area (TPSA) is 90.9 Å². The lowest BCUT2D eigenvalue weighted by molar-refractivity contribution is -0.116. The summed E-state index contributed by atoms with van der Waals surface area (Å²) < 4.78 is 14.9. The molecule has 0 heterocycles. The molecule has 0 aliphatic rings. The van der Waals surface area contributed by atoms with E-state index in [1.807, 2.05) is 24.3 Å². The molecule has 2 aromatic carbocycles. The van der Waals surface area contributed by atoms with Crippen LogP contribution in [0.2, 0.25) is 0 Å². The van der Waals surface area contributed by atoms with Crippen LogP contribution >= 0.6 is 0 Å². The summed E-state index contributed by atoms with van der Waals surface area (Å²) in [4.78, 5) is 35.9. The van der Waals surface area contributed by atoms with Gasteiger partial charge in [0.25, 0.3) is 0 Å². The monoisotopic (exact) mass is 385 g/mol. The van der Waals surface area contributed by atoms with E-state index < -0.39 is 11.9 Å². The van der Waals surface area contributed by atoms with Gasteiger partial charge in [0, 0.05) is 0 Å². The summed E-state index contributed by atoms with van der Waals surface area (Å²) in [5, 5.41) is 2.62. The number of methoxy groups -OCH3 is 2. The fourth-order valence-corrected chi connectivity index (χ4v) is 2.48. The summed E-state index contributed by atoms with van der Waals surface area (Å²) in [6.07, 6.45) is 1.01. The zero-order chi connectivity index (χ0) is 20.5. The molecule has 0 aromatic heterocycles. The van der Waals surface area contributed by atoms with Crippen LogP contribution in [0.5, 0.6) is 5.75 Å². The standard InChI is InChI=1S/C21H23NO6/c1-4-14-5-8-16(9-6-14)28-12-11-19(23)22-18-13-15(20(24)26-2)7-10-17(18)21(25)27-3/h5-10,13H,4,11-12H2,1-3H3,(H,22,23). The van der Waals surface area contributed by atoms with Crippen LogP contribution in [0.25, 0.3) is 0 Å². The molecular formula is C21H23NO6. The number of hydrogen-bond acceptors (Lipinski definition) is 6. The third-order valence-corrected chi connectivity index (χ3v) is 4.05. The van der Waals surface area contributed by atoms with Gasteiger partial charge in [-0.2, -0.15) is 0 Å². The number of amides is 1. The highest BCUT2D eigenvalue weighted by Gasteiger charge is 2.17. The number of carbonyl (C=O) groups excluding carboxylic acids is 3. The van der Waals surface area contributed by atoms with E-state index in [-0.39, 0.29) is 35.7 Å². The fraction of sp³-hybridized carbons (Fsp3) is 0.286. The van der Waals surface area contributed by atoms with E-state index in [1.54, 1.807) is 0 Å². The lowest BCUT2D eigenvalue weighted by Gasteiger charge is -2.12. The van der Waals surface area contributed by atoms with Gasteiger partial charge in [-0.25, -0.2) is 9.59 Å². The predicted octanol–water partition coefficient (Wildman–Crippen LogP) is 3.23. The average Bonchev–Trinajstić information content (AvgIpc) is 2.73. The number of anilines is 1. The van der Waals surface area contributed by atoms with Crippen LogP contribution in [0.1, 0.15) is 39.6 Å². The molecule has 148 valence electrons. The van der Waals surface area contributed by atoms with Crippen LogP contribution in [0.4, 0.5) is 5.69 Å². The molecule has 0 saturated heterocycles. The molecule has 1 amide bonds. The quantitative estimate of drug-likeness (QED) is 0.702. The fourth-order valence-electron chi connectivity index (χ4n) is 2.48. The third kappa shape index (κ3) is 5.57. The molecule has 7 heteroatoms. The molecule has 0 aliphatic heterocycles. The first-order chi connectivity index (χ1) is 13.5. The Labute approximate surface area is 163 Å². The molecule has 7 nitrogen and oxygen atoms in total. The highest BCUT2D eigenvalue weighted by molar-refractivity contribution is 6.03. The number of carbonyl (C=O) groups is 3. The number of benzene rings is 2. The number of esters is 2. The summed E-state index contributed by atoms with van der Waals surface area (Å²) in [5.74, 6) is -0.893. The molecule has 0 atom stereocenters. The van der Waals surface area contributed by atoms with Crippen LogP contribution in [0.3, 0.4) is 0 Å². The summed E-state index contributed by atoms with van der Waals surface area (Å²) in [7, 11) is 2.49. The average molecular weight is 385 g/mol. The van der Waals surface area contributed by atoms with Crippen molar-refractivity contribution < 1.29 is 28.6 Å².